The van der Waals surface area contributed by atoms with Crippen LogP contribution in [0.4, 0.5) is 10.8 Å². The molecule has 0 saturated carbocycles. The van der Waals surface area contributed by atoms with E-state index >= 15 is 0 Å². The fraction of sp³-hybridized carbons (Fsp3) is 0.0714. The molecule has 20 heavy (non-hydrogen) atoms. The summed E-state index contributed by atoms with van der Waals surface area (Å²) < 4.78 is 0. The number of hydrogen-bond donors (Lipinski definition) is 2. The van der Waals surface area contributed by atoms with Crippen LogP contribution in [0.15, 0.2) is 51.7 Å². The van der Waals surface area contributed by atoms with Crippen LogP contribution in [0, 0.1) is 6.92 Å². The molecule has 0 saturated heterocycles. The van der Waals surface area contributed by atoms with Crippen LogP contribution < -0.4 is 0 Å². The van der Waals surface area contributed by atoms with E-state index in [0.29, 0.717) is 16.2 Å². The smallest absolute Gasteiger partial charge is 0.230 e. The van der Waals surface area contributed by atoms with E-state index in [0.717, 1.165) is 15.2 Å². The van der Waals surface area contributed by atoms with Gasteiger partial charge in [-0.15, -0.1) is 22.9 Å². The largest absolute Gasteiger partial charge is 0.505 e. The van der Waals surface area contributed by atoms with E-state index in [1.807, 2.05) is 31.2 Å². The molecular formula is C14H11N3OS2. The lowest BCUT2D eigenvalue weighted by atomic mass is 10.1. The molecule has 0 fully saturated rings. The highest BCUT2D eigenvalue weighted by Gasteiger charge is 2.09. The van der Waals surface area contributed by atoms with Gasteiger partial charge in [0.05, 0.1) is 0 Å². The van der Waals surface area contributed by atoms with Gasteiger partial charge < -0.3 is 5.11 Å². The van der Waals surface area contributed by atoms with E-state index in [1.54, 1.807) is 12.3 Å². The number of phenolic OH excluding ortho intramolecular Hbond substituents is 1. The zero-order valence-electron chi connectivity index (χ0n) is 10.6. The van der Waals surface area contributed by atoms with Gasteiger partial charge in [-0.25, -0.2) is 4.98 Å². The highest BCUT2D eigenvalue weighted by molar-refractivity contribution is 7.80. The van der Waals surface area contributed by atoms with Crippen molar-refractivity contribution in [3.63, 3.8) is 0 Å². The molecule has 3 rings (SSSR count). The summed E-state index contributed by atoms with van der Waals surface area (Å²) in [5.74, 6) is 0.107. The van der Waals surface area contributed by atoms with Crippen LogP contribution >= 0.6 is 24.0 Å². The Morgan fingerprint density at radius 1 is 1.20 bits per heavy atom. The van der Waals surface area contributed by atoms with Gasteiger partial charge in [-0.3, -0.25) is 0 Å². The SMILES string of the molecule is Cc1cnc(N=Nc2cc(S)c3ccccc3c2O)s1. The highest BCUT2D eigenvalue weighted by atomic mass is 32.1. The Labute approximate surface area is 125 Å². The average Bonchev–Trinajstić information content (AvgIpc) is 2.87. The number of thiol groups is 1. The second kappa shape index (κ2) is 5.22. The summed E-state index contributed by atoms with van der Waals surface area (Å²) >= 11 is 5.87. The standard InChI is InChI=1S/C14H11N3OS2/c1-8-7-15-14(20-8)17-16-11-6-12(19)9-4-2-3-5-10(9)13(11)18/h2-7,18-19H,1H3. The summed E-state index contributed by atoms with van der Waals surface area (Å²) in [7, 11) is 0. The molecule has 1 heterocycles. The van der Waals surface area contributed by atoms with Crippen molar-refractivity contribution in [3.8, 4) is 5.75 Å². The first kappa shape index (κ1) is 13.1. The van der Waals surface area contributed by atoms with E-state index in [4.69, 9.17) is 0 Å². The lowest BCUT2D eigenvalue weighted by molar-refractivity contribution is 0.482. The number of thiazole rings is 1. The third-order valence-electron chi connectivity index (χ3n) is 2.83. The number of benzene rings is 2. The zero-order valence-corrected chi connectivity index (χ0v) is 12.3. The van der Waals surface area contributed by atoms with Crippen LogP contribution in [0.3, 0.4) is 0 Å². The first-order valence-corrected chi connectivity index (χ1v) is 7.19. The Hall–Kier alpha value is -1.92. The van der Waals surface area contributed by atoms with Gasteiger partial charge >= 0.3 is 0 Å². The Morgan fingerprint density at radius 3 is 2.65 bits per heavy atom. The number of fused-ring (bicyclic) bond motifs is 1. The number of aromatic hydroxyl groups is 1. The number of aryl methyl sites for hydroxylation is 1. The normalized spacial score (nSPS) is 11.5. The second-order valence-corrected chi connectivity index (χ2v) is 5.96. The van der Waals surface area contributed by atoms with Gasteiger partial charge in [0.1, 0.15) is 5.69 Å². The van der Waals surface area contributed by atoms with Gasteiger partial charge in [-0.05, 0) is 18.4 Å². The number of aromatic nitrogens is 1. The van der Waals surface area contributed by atoms with Crippen LogP contribution in [0.1, 0.15) is 4.88 Å². The molecule has 4 nitrogen and oxygen atoms in total. The van der Waals surface area contributed by atoms with E-state index in [9.17, 15) is 5.11 Å². The molecule has 0 aliphatic heterocycles. The molecule has 2 aromatic carbocycles. The Kier molecular flexibility index (Phi) is 3.42. The molecule has 0 amide bonds. The van der Waals surface area contributed by atoms with Gasteiger partial charge in [-0.2, -0.15) is 0 Å². The number of hydrogen-bond acceptors (Lipinski definition) is 6. The third-order valence-corrected chi connectivity index (χ3v) is 3.99. The molecule has 1 aromatic heterocycles. The van der Waals surface area contributed by atoms with E-state index in [1.165, 1.54) is 11.3 Å². The van der Waals surface area contributed by atoms with Gasteiger partial charge in [0.25, 0.3) is 0 Å². The molecule has 0 unspecified atom stereocenters. The van der Waals surface area contributed by atoms with Crippen LogP contribution in [-0.2, 0) is 0 Å². The molecular weight excluding hydrogens is 290 g/mol. The summed E-state index contributed by atoms with van der Waals surface area (Å²) in [5, 5.41) is 20.5. The molecule has 3 aromatic rings. The molecule has 0 radical (unpaired) electrons. The van der Waals surface area contributed by atoms with Gasteiger partial charge in [0.2, 0.25) is 5.13 Å². The minimum absolute atomic E-state index is 0.107. The molecule has 1 N–H and O–H groups in total. The van der Waals surface area contributed by atoms with Crippen molar-refractivity contribution in [2.75, 3.05) is 0 Å². The average molecular weight is 301 g/mol. The van der Waals surface area contributed by atoms with Crippen molar-refractivity contribution < 1.29 is 5.11 Å². The maximum absolute atomic E-state index is 10.3. The monoisotopic (exact) mass is 301 g/mol. The maximum atomic E-state index is 10.3. The number of rotatable bonds is 2. The summed E-state index contributed by atoms with van der Waals surface area (Å²) in [6, 6.07) is 9.20. The van der Waals surface area contributed by atoms with Gasteiger partial charge in [0.15, 0.2) is 5.75 Å². The second-order valence-electron chi connectivity index (χ2n) is 4.26. The topological polar surface area (TPSA) is 57.8 Å². The maximum Gasteiger partial charge on any atom is 0.230 e. The highest BCUT2D eigenvalue weighted by Crippen LogP contribution is 2.39. The predicted molar refractivity (Wildman–Crippen MR) is 83.9 cm³/mol. The van der Waals surface area contributed by atoms with Crippen molar-refractivity contribution in [2.45, 2.75) is 11.8 Å². The summed E-state index contributed by atoms with van der Waals surface area (Å²) in [6.07, 6.45) is 1.74. The Bertz CT molecular complexity index is 811. The Balaban J connectivity index is 2.08. The van der Waals surface area contributed by atoms with Crippen molar-refractivity contribution >= 4 is 45.6 Å². The minimum atomic E-state index is 0.107. The lowest BCUT2D eigenvalue weighted by Crippen LogP contribution is -1.77. The molecule has 100 valence electrons. The molecule has 0 bridgehead atoms. The van der Waals surface area contributed by atoms with Crippen molar-refractivity contribution in [1.82, 2.24) is 4.98 Å². The van der Waals surface area contributed by atoms with E-state index < -0.39 is 0 Å². The summed E-state index contributed by atoms with van der Waals surface area (Å²) in [4.78, 5) is 5.92. The minimum Gasteiger partial charge on any atom is -0.505 e. The first-order chi connectivity index (χ1) is 9.65. The number of azo groups is 1. The molecule has 0 spiro atoms. The molecule has 6 heteroatoms. The first-order valence-electron chi connectivity index (χ1n) is 5.93. The van der Waals surface area contributed by atoms with E-state index in [-0.39, 0.29) is 5.75 Å². The zero-order chi connectivity index (χ0) is 14.1. The molecule has 0 aliphatic carbocycles. The summed E-state index contributed by atoms with van der Waals surface area (Å²) in [6.45, 7) is 1.95. The predicted octanol–water partition coefficient (Wildman–Crippen LogP) is 5.01. The Morgan fingerprint density at radius 2 is 1.95 bits per heavy atom. The van der Waals surface area contributed by atoms with E-state index in [2.05, 4.69) is 27.8 Å². The fourth-order valence-corrected chi connectivity index (χ4v) is 2.79. The van der Waals surface area contributed by atoms with Crippen LogP contribution in [0.25, 0.3) is 10.8 Å². The third kappa shape index (κ3) is 2.39. The quantitative estimate of drug-likeness (QED) is 0.516. The number of nitrogens with zero attached hydrogens (tertiary/aromatic N) is 3. The van der Waals surface area contributed by atoms with Crippen LogP contribution in [0.2, 0.25) is 0 Å². The van der Waals surface area contributed by atoms with Gasteiger partial charge in [-0.1, -0.05) is 35.6 Å². The van der Waals surface area contributed by atoms with Crippen LogP contribution in [0.5, 0.6) is 5.75 Å². The molecule has 0 aliphatic rings. The van der Waals surface area contributed by atoms with Crippen molar-refractivity contribution in [3.05, 3.63) is 41.4 Å². The number of phenols is 1. The molecule has 0 atom stereocenters. The van der Waals surface area contributed by atoms with Crippen LogP contribution in [-0.4, -0.2) is 10.1 Å². The lowest BCUT2D eigenvalue weighted by Gasteiger charge is -2.06. The van der Waals surface area contributed by atoms with Crippen molar-refractivity contribution in [2.24, 2.45) is 10.2 Å². The summed E-state index contributed by atoms with van der Waals surface area (Å²) in [5.41, 5.74) is 0.390. The van der Waals surface area contributed by atoms with Crippen molar-refractivity contribution in [1.29, 1.82) is 0 Å². The fourth-order valence-electron chi connectivity index (χ4n) is 1.89. The van der Waals surface area contributed by atoms with Gasteiger partial charge in [0, 0.05) is 21.4 Å².